The monoisotopic (exact) mass is 258 g/mol. The summed E-state index contributed by atoms with van der Waals surface area (Å²) < 4.78 is 36.9. The van der Waals surface area contributed by atoms with E-state index in [1.165, 1.54) is 12.1 Å². The van der Waals surface area contributed by atoms with E-state index < -0.39 is 17.6 Å². The van der Waals surface area contributed by atoms with E-state index in [1.54, 1.807) is 0 Å². The number of halogens is 1. The largest absolute Gasteiger partial charge is 0.488 e. The number of terminal acetylenes is 1. The maximum Gasteiger partial charge on any atom is 0.488 e. The van der Waals surface area contributed by atoms with Gasteiger partial charge in [0, 0.05) is 6.42 Å². The first-order valence-corrected chi connectivity index (χ1v) is 5.70. The first-order chi connectivity index (χ1) is 7.81. The Kier molecular flexibility index (Phi) is 4.12. The van der Waals surface area contributed by atoms with Crippen LogP contribution in [-0.4, -0.2) is 25.6 Å². The quantitative estimate of drug-likeness (QED) is 0.417. The van der Waals surface area contributed by atoms with Gasteiger partial charge in [0.05, 0.1) is 0 Å². The fourth-order valence-corrected chi connectivity index (χ4v) is 1.54. The van der Waals surface area contributed by atoms with Crippen molar-refractivity contribution < 1.29 is 26.5 Å². The van der Waals surface area contributed by atoms with E-state index in [1.807, 2.05) is 0 Å². The zero-order valence-electron chi connectivity index (χ0n) is 8.50. The summed E-state index contributed by atoms with van der Waals surface area (Å²) in [5.74, 6) is 1.91. The summed E-state index contributed by atoms with van der Waals surface area (Å²) in [6.45, 7) is 0. The highest BCUT2D eigenvalue weighted by Gasteiger charge is 2.16. The predicted molar refractivity (Wildman–Crippen MR) is 59.5 cm³/mol. The van der Waals surface area contributed by atoms with Crippen LogP contribution < -0.4 is 9.65 Å². The van der Waals surface area contributed by atoms with E-state index in [0.29, 0.717) is 5.56 Å². The fourth-order valence-electron chi connectivity index (χ4n) is 1.22. The van der Waals surface area contributed by atoms with Crippen molar-refractivity contribution in [2.75, 3.05) is 0 Å². The van der Waals surface area contributed by atoms with Crippen molar-refractivity contribution in [3.63, 3.8) is 0 Å². The van der Waals surface area contributed by atoms with E-state index in [9.17, 15) is 12.3 Å². The second kappa shape index (κ2) is 5.18. The molecule has 0 atom stereocenters. The van der Waals surface area contributed by atoms with Crippen LogP contribution in [0.3, 0.4) is 0 Å². The smallest absolute Gasteiger partial charge is 0.423 e. The van der Waals surface area contributed by atoms with Gasteiger partial charge in [-0.25, -0.2) is 0 Å². The van der Waals surface area contributed by atoms with Gasteiger partial charge in [0.15, 0.2) is 0 Å². The van der Waals surface area contributed by atoms with Gasteiger partial charge in [-0.2, -0.15) is 8.42 Å². The van der Waals surface area contributed by atoms with Crippen molar-refractivity contribution in [1.82, 2.24) is 0 Å². The maximum absolute atomic E-state index is 12.3. The highest BCUT2D eigenvalue weighted by atomic mass is 32.3. The lowest BCUT2D eigenvalue weighted by Crippen LogP contribution is -2.30. The molecule has 0 heterocycles. The van der Waals surface area contributed by atoms with Crippen molar-refractivity contribution in [1.29, 1.82) is 0 Å². The van der Waals surface area contributed by atoms with Gasteiger partial charge in [0.1, 0.15) is 5.75 Å². The molecule has 0 radical (unpaired) electrons. The van der Waals surface area contributed by atoms with Gasteiger partial charge in [-0.1, -0.05) is 9.95 Å². The van der Waals surface area contributed by atoms with Gasteiger partial charge >= 0.3 is 17.6 Å². The molecule has 0 aliphatic carbocycles. The molecule has 5 nitrogen and oxygen atoms in total. The molecule has 1 rings (SSSR count). The summed E-state index contributed by atoms with van der Waals surface area (Å²) in [7, 11) is -7.00. The molecule has 0 saturated heterocycles. The Labute approximate surface area is 98.4 Å². The number of hydrogen-bond acceptors (Lipinski definition) is 5. The van der Waals surface area contributed by atoms with Gasteiger partial charge in [-0.15, -0.1) is 12.3 Å². The lowest BCUT2D eigenvalue weighted by molar-refractivity contribution is 0.423. The van der Waals surface area contributed by atoms with Gasteiger partial charge in [-0.05, 0) is 23.2 Å². The molecular formula is C9H8BFO5S. The summed E-state index contributed by atoms with van der Waals surface area (Å²) in [5.41, 5.74) is 0.355. The second-order valence-corrected chi connectivity index (χ2v) is 4.09. The molecule has 1 aromatic carbocycles. The summed E-state index contributed by atoms with van der Waals surface area (Å²) in [5, 5.41) is 17.9. The van der Waals surface area contributed by atoms with Crippen LogP contribution in [0.4, 0.5) is 3.89 Å². The first-order valence-electron chi connectivity index (χ1n) is 4.39. The summed E-state index contributed by atoms with van der Waals surface area (Å²) in [6, 6.07) is 3.53. The van der Waals surface area contributed by atoms with Crippen LogP contribution in [0.25, 0.3) is 0 Å². The Morgan fingerprint density at radius 1 is 1.41 bits per heavy atom. The molecule has 17 heavy (non-hydrogen) atoms. The molecule has 0 amide bonds. The Bertz CT molecular complexity index is 549. The molecular weight excluding hydrogens is 250 g/mol. The number of hydrogen-bond donors (Lipinski definition) is 2. The van der Waals surface area contributed by atoms with Crippen molar-refractivity contribution in [2.24, 2.45) is 0 Å². The molecule has 8 heteroatoms. The van der Waals surface area contributed by atoms with Gasteiger partial charge < -0.3 is 14.2 Å². The zero-order valence-corrected chi connectivity index (χ0v) is 9.32. The second-order valence-electron chi connectivity index (χ2n) is 3.14. The van der Waals surface area contributed by atoms with Crippen LogP contribution in [0.15, 0.2) is 18.2 Å². The van der Waals surface area contributed by atoms with Gasteiger partial charge in [-0.3, -0.25) is 0 Å². The van der Waals surface area contributed by atoms with E-state index in [0.717, 1.165) is 6.07 Å². The summed E-state index contributed by atoms with van der Waals surface area (Å²) in [6.07, 6.45) is 5.17. The van der Waals surface area contributed by atoms with E-state index >= 15 is 0 Å². The average Bonchev–Trinajstić information content (AvgIpc) is 2.14. The highest BCUT2D eigenvalue weighted by molar-refractivity contribution is 7.81. The van der Waals surface area contributed by atoms with Crippen LogP contribution in [0.5, 0.6) is 5.75 Å². The lowest BCUT2D eigenvalue weighted by atomic mass is 9.79. The third kappa shape index (κ3) is 4.44. The molecule has 2 N–H and O–H groups in total. The first kappa shape index (κ1) is 13.5. The minimum Gasteiger partial charge on any atom is -0.423 e. The Hall–Kier alpha value is -1.56. The van der Waals surface area contributed by atoms with Crippen LogP contribution in [-0.2, 0) is 16.9 Å². The molecule has 0 aliphatic heterocycles. The van der Waals surface area contributed by atoms with Gasteiger partial charge in [0.2, 0.25) is 0 Å². The Morgan fingerprint density at radius 3 is 2.53 bits per heavy atom. The lowest BCUT2D eigenvalue weighted by Gasteiger charge is -2.06. The van der Waals surface area contributed by atoms with Crippen molar-refractivity contribution in [3.8, 4) is 18.1 Å². The van der Waals surface area contributed by atoms with Crippen molar-refractivity contribution in [2.45, 2.75) is 6.42 Å². The summed E-state index contributed by atoms with van der Waals surface area (Å²) in [4.78, 5) is 0. The molecule has 0 aliphatic rings. The molecule has 0 bridgehead atoms. The standard InChI is InChI=1S/C9H8BFO5S/c1-2-3-7-4-8(10(12)13)6-9(5-7)16-17(11,14)15/h1,4-6,12-13H,3H2. The van der Waals surface area contributed by atoms with E-state index in [2.05, 4.69) is 10.1 Å². The number of rotatable bonds is 4. The minimum atomic E-state index is -5.17. The molecule has 1 aromatic rings. The molecule has 0 aromatic heterocycles. The normalized spacial score (nSPS) is 10.7. The van der Waals surface area contributed by atoms with E-state index in [-0.39, 0.29) is 17.6 Å². The van der Waals surface area contributed by atoms with Crippen LogP contribution in [0.1, 0.15) is 5.56 Å². The van der Waals surface area contributed by atoms with Crippen molar-refractivity contribution in [3.05, 3.63) is 23.8 Å². The van der Waals surface area contributed by atoms with Gasteiger partial charge in [0.25, 0.3) is 0 Å². The molecule has 90 valence electrons. The molecule has 0 unspecified atom stereocenters. The summed E-state index contributed by atoms with van der Waals surface area (Å²) >= 11 is 0. The molecule has 0 spiro atoms. The highest BCUT2D eigenvalue weighted by Crippen LogP contribution is 2.15. The zero-order chi connectivity index (χ0) is 13.1. The van der Waals surface area contributed by atoms with Crippen LogP contribution >= 0.6 is 0 Å². The SMILES string of the molecule is C#CCc1cc(OS(=O)(=O)F)cc(B(O)O)c1. The molecule has 0 saturated carbocycles. The van der Waals surface area contributed by atoms with E-state index in [4.69, 9.17) is 16.5 Å². The van der Waals surface area contributed by atoms with Crippen LogP contribution in [0, 0.1) is 12.3 Å². The maximum atomic E-state index is 12.3. The molecule has 0 fully saturated rings. The Balaban J connectivity index is 3.17. The minimum absolute atomic E-state index is 0.0450. The van der Waals surface area contributed by atoms with Crippen LogP contribution in [0.2, 0.25) is 0 Å². The van der Waals surface area contributed by atoms with Crippen molar-refractivity contribution >= 4 is 23.1 Å². The third-order valence-electron chi connectivity index (χ3n) is 1.79. The topological polar surface area (TPSA) is 83.8 Å². The predicted octanol–water partition coefficient (Wildman–Crippen LogP) is -0.865. The number of benzene rings is 1. The average molecular weight is 258 g/mol. The Morgan fingerprint density at radius 2 is 2.06 bits per heavy atom. The fraction of sp³-hybridized carbons (Fsp3) is 0.111. The third-order valence-corrected chi connectivity index (χ3v) is 2.18.